The Morgan fingerprint density at radius 1 is 0.949 bits per heavy atom. The second kappa shape index (κ2) is 13.8. The fourth-order valence-corrected chi connectivity index (χ4v) is 5.43. The highest BCUT2D eigenvalue weighted by atomic mass is 32.2. The second-order valence-corrected chi connectivity index (χ2v) is 11.2. The molecule has 0 aliphatic rings. The molecule has 3 rings (SSSR count). The Morgan fingerprint density at radius 3 is 2.18 bits per heavy atom. The van der Waals surface area contributed by atoms with E-state index in [2.05, 4.69) is 5.32 Å². The maximum Gasteiger partial charge on any atom is 0.264 e. The predicted molar refractivity (Wildman–Crippen MR) is 153 cm³/mol. The number of carbonyl (C=O) groups is 2. The molecule has 0 aliphatic carbocycles. The first-order chi connectivity index (χ1) is 18.7. The van der Waals surface area contributed by atoms with Crippen LogP contribution >= 0.6 is 0 Å². The zero-order valence-electron chi connectivity index (χ0n) is 23.0. The van der Waals surface area contributed by atoms with Crippen molar-refractivity contribution >= 4 is 27.5 Å². The maximum atomic E-state index is 13.9. The van der Waals surface area contributed by atoms with Crippen molar-refractivity contribution in [2.75, 3.05) is 24.5 Å². The number of sulfonamides is 1. The van der Waals surface area contributed by atoms with Gasteiger partial charge in [0.15, 0.2) is 0 Å². The molecule has 39 heavy (non-hydrogen) atoms. The van der Waals surface area contributed by atoms with E-state index in [4.69, 9.17) is 4.74 Å². The molecule has 0 radical (unpaired) electrons. The molecule has 1 N–H and O–H groups in total. The summed E-state index contributed by atoms with van der Waals surface area (Å²) in [5.41, 5.74) is 2.05. The number of hydrogen-bond donors (Lipinski definition) is 1. The zero-order chi connectivity index (χ0) is 28.4. The first-order valence-corrected chi connectivity index (χ1v) is 14.5. The molecule has 3 aromatic carbocycles. The van der Waals surface area contributed by atoms with Crippen LogP contribution in [0.15, 0.2) is 83.8 Å². The molecule has 0 saturated heterocycles. The molecule has 1 atom stereocenters. The number of unbranched alkanes of at least 4 members (excludes halogenated alkanes) is 1. The fourth-order valence-electron chi connectivity index (χ4n) is 4.01. The van der Waals surface area contributed by atoms with Gasteiger partial charge in [-0.3, -0.25) is 13.9 Å². The summed E-state index contributed by atoms with van der Waals surface area (Å²) in [5.74, 6) is -0.227. The zero-order valence-corrected chi connectivity index (χ0v) is 23.8. The van der Waals surface area contributed by atoms with Crippen molar-refractivity contribution in [1.29, 1.82) is 0 Å². The van der Waals surface area contributed by atoms with Gasteiger partial charge in [0.25, 0.3) is 10.0 Å². The lowest BCUT2D eigenvalue weighted by molar-refractivity contribution is -0.139. The van der Waals surface area contributed by atoms with Crippen LogP contribution in [0.5, 0.6) is 5.75 Å². The number of hydrogen-bond acceptors (Lipinski definition) is 5. The average Bonchev–Trinajstić information content (AvgIpc) is 2.95. The summed E-state index contributed by atoms with van der Waals surface area (Å²) in [6.45, 7) is 5.74. The van der Waals surface area contributed by atoms with Gasteiger partial charge >= 0.3 is 0 Å². The molecule has 0 aromatic heterocycles. The van der Waals surface area contributed by atoms with E-state index in [1.54, 1.807) is 43.3 Å². The van der Waals surface area contributed by atoms with E-state index in [0.717, 1.165) is 28.3 Å². The molecular formula is C30H37N3O5S. The topological polar surface area (TPSA) is 96.0 Å². The second-order valence-electron chi connectivity index (χ2n) is 9.35. The van der Waals surface area contributed by atoms with Gasteiger partial charge in [-0.2, -0.15) is 0 Å². The fraction of sp³-hybridized carbons (Fsp3) is 0.333. The van der Waals surface area contributed by atoms with Crippen LogP contribution in [0.4, 0.5) is 5.69 Å². The average molecular weight is 552 g/mol. The van der Waals surface area contributed by atoms with Crippen LogP contribution in [0.2, 0.25) is 0 Å². The van der Waals surface area contributed by atoms with Crippen LogP contribution in [0.1, 0.15) is 37.8 Å². The van der Waals surface area contributed by atoms with Crippen molar-refractivity contribution in [3.8, 4) is 5.75 Å². The minimum Gasteiger partial charge on any atom is -0.497 e. The van der Waals surface area contributed by atoms with Gasteiger partial charge in [-0.1, -0.05) is 61.4 Å². The third-order valence-corrected chi connectivity index (χ3v) is 8.23. The smallest absolute Gasteiger partial charge is 0.264 e. The minimum absolute atomic E-state index is 0.0664. The summed E-state index contributed by atoms with van der Waals surface area (Å²) in [7, 11) is -2.59. The van der Waals surface area contributed by atoms with Crippen molar-refractivity contribution in [2.24, 2.45) is 0 Å². The minimum atomic E-state index is -4.11. The molecular weight excluding hydrogens is 514 g/mol. The number of ether oxygens (including phenoxy) is 1. The van der Waals surface area contributed by atoms with Gasteiger partial charge in [0.1, 0.15) is 18.3 Å². The summed E-state index contributed by atoms with van der Waals surface area (Å²) >= 11 is 0. The molecule has 0 fully saturated rings. The molecule has 0 aliphatic heterocycles. The molecule has 208 valence electrons. The number of methoxy groups -OCH3 is 1. The first kappa shape index (κ1) is 29.7. The van der Waals surface area contributed by atoms with Crippen LogP contribution in [0.25, 0.3) is 0 Å². The highest BCUT2D eigenvalue weighted by molar-refractivity contribution is 7.92. The molecule has 3 aromatic rings. The van der Waals surface area contributed by atoms with Crippen molar-refractivity contribution in [2.45, 2.75) is 51.1 Å². The number of aryl methyl sites for hydroxylation is 1. The Hall–Kier alpha value is -3.85. The Morgan fingerprint density at radius 2 is 1.59 bits per heavy atom. The highest BCUT2D eigenvalue weighted by Gasteiger charge is 2.32. The summed E-state index contributed by atoms with van der Waals surface area (Å²) < 4.78 is 34.0. The Kier molecular flexibility index (Phi) is 10.5. The number of benzene rings is 3. The summed E-state index contributed by atoms with van der Waals surface area (Å²) in [4.78, 5) is 28.4. The molecule has 0 bridgehead atoms. The van der Waals surface area contributed by atoms with Crippen molar-refractivity contribution in [1.82, 2.24) is 10.2 Å². The third kappa shape index (κ3) is 7.83. The van der Waals surface area contributed by atoms with E-state index in [-0.39, 0.29) is 17.3 Å². The summed E-state index contributed by atoms with van der Waals surface area (Å²) in [5, 5.41) is 2.88. The predicted octanol–water partition coefficient (Wildman–Crippen LogP) is 4.53. The number of rotatable bonds is 13. The summed E-state index contributed by atoms with van der Waals surface area (Å²) in [6.07, 6.45) is 1.75. The molecule has 0 unspecified atom stereocenters. The van der Waals surface area contributed by atoms with E-state index in [0.29, 0.717) is 18.0 Å². The van der Waals surface area contributed by atoms with Crippen LogP contribution in [-0.2, 0) is 26.2 Å². The molecule has 8 nitrogen and oxygen atoms in total. The Labute approximate surface area is 231 Å². The van der Waals surface area contributed by atoms with Crippen LogP contribution in [-0.4, -0.2) is 51.4 Å². The summed E-state index contributed by atoms with van der Waals surface area (Å²) in [6, 6.07) is 21.5. The van der Waals surface area contributed by atoms with Crippen molar-refractivity contribution in [3.63, 3.8) is 0 Å². The van der Waals surface area contributed by atoms with E-state index in [9.17, 15) is 18.0 Å². The molecule has 0 saturated carbocycles. The quantitative estimate of drug-likeness (QED) is 0.315. The van der Waals surface area contributed by atoms with Crippen LogP contribution < -0.4 is 14.4 Å². The van der Waals surface area contributed by atoms with Gasteiger partial charge in [0.05, 0.1) is 17.7 Å². The number of amides is 2. The lowest BCUT2D eigenvalue weighted by atomic mass is 10.1. The molecule has 9 heteroatoms. The van der Waals surface area contributed by atoms with E-state index >= 15 is 0 Å². The highest BCUT2D eigenvalue weighted by Crippen LogP contribution is 2.26. The SMILES string of the molecule is CCCCNC(=O)[C@H](C)N(Cc1ccccc1)C(=O)CN(c1ccc(OC)cc1)S(=O)(=O)c1ccc(C)cc1. The van der Waals surface area contributed by atoms with Gasteiger partial charge in [0.2, 0.25) is 11.8 Å². The first-order valence-electron chi connectivity index (χ1n) is 13.0. The van der Waals surface area contributed by atoms with E-state index in [1.165, 1.54) is 24.1 Å². The number of anilines is 1. The normalized spacial score (nSPS) is 11.9. The Balaban J connectivity index is 1.98. The number of nitrogens with zero attached hydrogens (tertiary/aromatic N) is 2. The molecule has 0 heterocycles. The lowest BCUT2D eigenvalue weighted by Gasteiger charge is -2.32. The van der Waals surface area contributed by atoms with Crippen molar-refractivity contribution in [3.05, 3.63) is 90.0 Å². The molecule has 2 amide bonds. The maximum absolute atomic E-state index is 13.9. The van der Waals surface area contributed by atoms with E-state index < -0.39 is 28.5 Å². The molecule has 0 spiro atoms. The third-order valence-electron chi connectivity index (χ3n) is 6.44. The standard InChI is InChI=1S/C30H37N3O5S/c1-5-6-20-31-30(35)24(3)32(21-25-10-8-7-9-11-25)29(34)22-33(26-14-16-27(38-4)17-15-26)39(36,37)28-18-12-23(2)13-19-28/h7-19,24H,5-6,20-22H2,1-4H3,(H,31,35)/t24-/m0/s1. The number of carbonyl (C=O) groups excluding carboxylic acids is 2. The van der Waals surface area contributed by atoms with Crippen LogP contribution in [0.3, 0.4) is 0 Å². The van der Waals surface area contributed by atoms with Gasteiger partial charge in [0, 0.05) is 13.1 Å². The lowest BCUT2D eigenvalue weighted by Crippen LogP contribution is -2.51. The van der Waals surface area contributed by atoms with Crippen molar-refractivity contribution < 1.29 is 22.7 Å². The van der Waals surface area contributed by atoms with E-state index in [1.807, 2.05) is 44.2 Å². The van der Waals surface area contributed by atoms with Gasteiger partial charge < -0.3 is 15.0 Å². The van der Waals surface area contributed by atoms with Gasteiger partial charge in [-0.15, -0.1) is 0 Å². The largest absolute Gasteiger partial charge is 0.497 e. The van der Waals surface area contributed by atoms with Gasteiger partial charge in [-0.25, -0.2) is 8.42 Å². The van der Waals surface area contributed by atoms with Crippen LogP contribution in [0, 0.1) is 6.92 Å². The Bertz CT molecular complexity index is 1330. The monoisotopic (exact) mass is 551 g/mol. The number of nitrogens with one attached hydrogen (secondary N) is 1. The van der Waals surface area contributed by atoms with Gasteiger partial charge in [-0.05, 0) is 62.2 Å².